The third-order valence-electron chi connectivity index (χ3n) is 13.6. The SMILES string of the molecule is CCCCCCCCCCCCCCCCCCCCC(=O)O[C@H](COC(=O)CCCCCCCCCCCC)COP(=O)(O)OC[C@@H](O)COP(=O)(O)OC[C@@H](COC(=O)CCCCCCC)OC(=O)CCCCCCC. The van der Waals surface area contributed by atoms with Crippen LogP contribution in [0.15, 0.2) is 0 Å². The van der Waals surface area contributed by atoms with Crippen LogP contribution in [0.1, 0.15) is 297 Å². The van der Waals surface area contributed by atoms with Gasteiger partial charge < -0.3 is 33.8 Å². The average molecular weight is 1160 g/mol. The van der Waals surface area contributed by atoms with Gasteiger partial charge in [-0.3, -0.25) is 37.3 Å². The maximum Gasteiger partial charge on any atom is 0.472 e. The Hall–Kier alpha value is -1.94. The fourth-order valence-corrected chi connectivity index (χ4v) is 10.3. The number of aliphatic hydroxyl groups is 1. The van der Waals surface area contributed by atoms with Crippen molar-refractivity contribution >= 4 is 39.5 Å². The monoisotopic (exact) mass is 1160 g/mol. The van der Waals surface area contributed by atoms with E-state index in [0.717, 1.165) is 96.3 Å². The third kappa shape index (κ3) is 53.4. The number of esters is 4. The lowest BCUT2D eigenvalue weighted by molar-refractivity contribution is -0.161. The normalized spacial score (nSPS) is 14.3. The van der Waals surface area contributed by atoms with Gasteiger partial charge in [-0.1, -0.05) is 246 Å². The van der Waals surface area contributed by atoms with Crippen LogP contribution in [-0.4, -0.2) is 96.7 Å². The maximum absolute atomic E-state index is 12.9. The van der Waals surface area contributed by atoms with Crippen LogP contribution in [0.25, 0.3) is 0 Å². The number of aliphatic hydroxyl groups excluding tert-OH is 1. The number of carbonyl (C=O) groups excluding carboxylic acids is 4. The molecular weight excluding hydrogens is 1040 g/mol. The minimum absolute atomic E-state index is 0.0991. The fraction of sp³-hybridized carbons (Fsp3) is 0.932. The highest BCUT2D eigenvalue weighted by Gasteiger charge is 2.30. The Labute approximate surface area is 473 Å². The molecule has 462 valence electrons. The van der Waals surface area contributed by atoms with Crippen LogP contribution in [0.5, 0.6) is 0 Å². The molecule has 78 heavy (non-hydrogen) atoms. The Balaban J connectivity index is 5.06. The van der Waals surface area contributed by atoms with Crippen molar-refractivity contribution in [3.8, 4) is 0 Å². The van der Waals surface area contributed by atoms with Crippen molar-refractivity contribution in [1.29, 1.82) is 0 Å². The highest BCUT2D eigenvalue weighted by molar-refractivity contribution is 7.47. The molecule has 0 fully saturated rings. The summed E-state index contributed by atoms with van der Waals surface area (Å²) < 4.78 is 67.3. The summed E-state index contributed by atoms with van der Waals surface area (Å²) >= 11 is 0. The first-order valence-corrected chi connectivity index (χ1v) is 34.3. The smallest absolute Gasteiger partial charge is 0.462 e. The molecule has 0 aliphatic rings. The molecule has 0 bridgehead atoms. The van der Waals surface area contributed by atoms with Crippen LogP contribution in [0.4, 0.5) is 0 Å². The Bertz CT molecular complexity index is 1520. The Morgan fingerprint density at radius 2 is 0.513 bits per heavy atom. The van der Waals surface area contributed by atoms with Crippen LogP contribution in [-0.2, 0) is 65.4 Å². The van der Waals surface area contributed by atoms with E-state index in [2.05, 4.69) is 27.7 Å². The molecule has 0 heterocycles. The van der Waals surface area contributed by atoms with Crippen LogP contribution in [0, 0.1) is 0 Å². The molecule has 0 aliphatic carbocycles. The Morgan fingerprint density at radius 1 is 0.308 bits per heavy atom. The highest BCUT2D eigenvalue weighted by Crippen LogP contribution is 2.45. The lowest BCUT2D eigenvalue weighted by Crippen LogP contribution is -2.30. The number of carbonyl (C=O) groups is 4. The number of hydrogen-bond donors (Lipinski definition) is 3. The van der Waals surface area contributed by atoms with Gasteiger partial charge in [-0.05, 0) is 25.7 Å². The van der Waals surface area contributed by atoms with E-state index < -0.39 is 97.5 Å². The minimum atomic E-state index is -4.93. The molecule has 2 unspecified atom stereocenters. The van der Waals surface area contributed by atoms with Gasteiger partial charge in [0, 0.05) is 25.7 Å². The second kappa shape index (κ2) is 54.3. The molecule has 0 aromatic rings. The zero-order valence-electron chi connectivity index (χ0n) is 49.6. The number of unbranched alkanes of at least 4 members (excludes halogenated alkanes) is 34. The largest absolute Gasteiger partial charge is 0.472 e. The summed E-state index contributed by atoms with van der Waals surface area (Å²) in [6, 6.07) is 0. The molecular formula is C59H114O17P2. The summed E-state index contributed by atoms with van der Waals surface area (Å²) in [5.41, 5.74) is 0. The molecule has 0 saturated heterocycles. The third-order valence-corrected chi connectivity index (χ3v) is 15.5. The molecule has 0 aliphatic heterocycles. The van der Waals surface area contributed by atoms with E-state index in [0.29, 0.717) is 25.7 Å². The van der Waals surface area contributed by atoms with Crippen LogP contribution in [0.3, 0.4) is 0 Å². The molecule has 19 heteroatoms. The number of ether oxygens (including phenoxy) is 4. The topological polar surface area (TPSA) is 237 Å². The Morgan fingerprint density at radius 3 is 0.756 bits per heavy atom. The van der Waals surface area contributed by atoms with Gasteiger partial charge in [-0.2, -0.15) is 0 Å². The number of phosphoric ester groups is 2. The van der Waals surface area contributed by atoms with Crippen LogP contribution >= 0.6 is 15.6 Å². The quantitative estimate of drug-likeness (QED) is 0.0222. The lowest BCUT2D eigenvalue weighted by Gasteiger charge is -2.21. The van der Waals surface area contributed by atoms with E-state index >= 15 is 0 Å². The first-order valence-electron chi connectivity index (χ1n) is 31.3. The van der Waals surface area contributed by atoms with E-state index in [1.807, 2.05) is 0 Å². The Kier molecular flexibility index (Phi) is 53.0. The molecule has 0 aromatic heterocycles. The van der Waals surface area contributed by atoms with Gasteiger partial charge in [0.05, 0.1) is 26.4 Å². The average Bonchev–Trinajstić information content (AvgIpc) is 3.41. The van der Waals surface area contributed by atoms with E-state index in [1.165, 1.54) is 122 Å². The van der Waals surface area contributed by atoms with Gasteiger partial charge in [-0.15, -0.1) is 0 Å². The number of hydrogen-bond acceptors (Lipinski definition) is 15. The van der Waals surface area contributed by atoms with Gasteiger partial charge in [0.1, 0.15) is 19.3 Å². The predicted molar refractivity (Wildman–Crippen MR) is 308 cm³/mol. The summed E-state index contributed by atoms with van der Waals surface area (Å²) in [5, 5.41) is 10.5. The van der Waals surface area contributed by atoms with Crippen LogP contribution in [0.2, 0.25) is 0 Å². The van der Waals surface area contributed by atoms with Crippen LogP contribution < -0.4 is 0 Å². The lowest BCUT2D eigenvalue weighted by atomic mass is 10.0. The number of rotatable bonds is 60. The maximum atomic E-state index is 12.9. The molecule has 0 amide bonds. The summed E-state index contributed by atoms with van der Waals surface area (Å²) in [5.74, 6) is -2.16. The summed E-state index contributed by atoms with van der Waals surface area (Å²) in [7, 11) is -9.85. The van der Waals surface area contributed by atoms with Crippen molar-refractivity contribution in [2.75, 3.05) is 39.6 Å². The molecule has 0 aromatic carbocycles. The van der Waals surface area contributed by atoms with E-state index in [9.17, 15) is 43.2 Å². The minimum Gasteiger partial charge on any atom is -0.462 e. The zero-order chi connectivity index (χ0) is 57.6. The van der Waals surface area contributed by atoms with E-state index in [4.69, 9.17) is 37.0 Å². The first-order chi connectivity index (χ1) is 37.7. The van der Waals surface area contributed by atoms with Crippen molar-refractivity contribution in [2.24, 2.45) is 0 Å². The van der Waals surface area contributed by atoms with Gasteiger partial charge >= 0.3 is 39.5 Å². The van der Waals surface area contributed by atoms with Crippen molar-refractivity contribution in [2.45, 2.75) is 316 Å². The highest BCUT2D eigenvalue weighted by atomic mass is 31.2. The van der Waals surface area contributed by atoms with Gasteiger partial charge in [0.15, 0.2) is 12.2 Å². The standard InChI is InChI=1S/C59H114O17P2/c1-5-9-13-17-19-21-23-24-25-26-27-28-29-30-32-34-38-42-46-59(64)76-55(50-70-57(62)44-40-37-33-31-22-20-18-14-10-6-2)52-74-78(67,68)72-48-53(60)47-71-77(65,66)73-51-54(75-58(63)45-41-36-16-12-8-4)49-69-56(61)43-39-35-15-11-7-3/h53-55,60H,5-52H2,1-4H3,(H,65,66)(H,67,68)/t53-,54+,55+/m0/s1. The second-order valence-electron chi connectivity index (χ2n) is 21.4. The zero-order valence-corrected chi connectivity index (χ0v) is 51.4. The molecule has 3 N–H and O–H groups in total. The molecule has 0 saturated carbocycles. The number of phosphoric acid groups is 2. The summed E-state index contributed by atoms with van der Waals surface area (Å²) in [4.78, 5) is 71.4. The van der Waals surface area contributed by atoms with E-state index in [1.54, 1.807) is 0 Å². The molecule has 5 atom stereocenters. The van der Waals surface area contributed by atoms with Gasteiger partial charge in [-0.25, -0.2) is 9.13 Å². The van der Waals surface area contributed by atoms with Gasteiger partial charge in [0.2, 0.25) is 0 Å². The fourth-order valence-electron chi connectivity index (χ4n) is 8.75. The molecule has 17 nitrogen and oxygen atoms in total. The predicted octanol–water partition coefficient (Wildman–Crippen LogP) is 16.0. The second-order valence-corrected chi connectivity index (χ2v) is 24.3. The molecule has 0 rings (SSSR count). The van der Waals surface area contributed by atoms with Crippen molar-refractivity contribution < 1.29 is 80.2 Å². The molecule has 0 spiro atoms. The molecule has 0 radical (unpaired) electrons. The first kappa shape index (κ1) is 76.1. The van der Waals surface area contributed by atoms with Crippen molar-refractivity contribution in [3.63, 3.8) is 0 Å². The van der Waals surface area contributed by atoms with Crippen molar-refractivity contribution in [1.82, 2.24) is 0 Å². The van der Waals surface area contributed by atoms with Crippen molar-refractivity contribution in [3.05, 3.63) is 0 Å². The summed E-state index contributed by atoms with van der Waals surface area (Å²) in [6.07, 6.45) is 38.4. The summed E-state index contributed by atoms with van der Waals surface area (Å²) in [6.45, 7) is 4.67. The van der Waals surface area contributed by atoms with E-state index in [-0.39, 0.29) is 25.7 Å². The van der Waals surface area contributed by atoms with Gasteiger partial charge in [0.25, 0.3) is 0 Å².